The van der Waals surface area contributed by atoms with Crippen LogP contribution in [0.2, 0.25) is 0 Å². The Balaban J connectivity index is 0.897. The van der Waals surface area contributed by atoms with E-state index in [1.165, 1.54) is 39.9 Å². The summed E-state index contributed by atoms with van der Waals surface area (Å²) in [7, 11) is 2.86. The Morgan fingerprint density at radius 2 is 1.80 bits per heavy atom. The summed E-state index contributed by atoms with van der Waals surface area (Å²) < 4.78 is 14.9. The number of amides is 3. The number of benzene rings is 2. The molecule has 3 heterocycles. The molecular weight excluding hydrogens is 682 g/mol. The van der Waals surface area contributed by atoms with Gasteiger partial charge in [0.05, 0.1) is 4.92 Å². The molecule has 2 atom stereocenters. The highest BCUT2D eigenvalue weighted by Crippen LogP contribution is 2.47. The number of halogens is 1. The summed E-state index contributed by atoms with van der Waals surface area (Å²) in [5.74, 6) is -0.375. The van der Waals surface area contributed by atoms with E-state index in [9.17, 15) is 28.9 Å². The molecule has 0 spiro atoms. The van der Waals surface area contributed by atoms with E-state index in [2.05, 4.69) is 25.5 Å². The molecule has 1 aliphatic carbocycles. The van der Waals surface area contributed by atoms with Crippen LogP contribution in [0.15, 0.2) is 90.3 Å². The number of pyridine rings is 2. The summed E-state index contributed by atoms with van der Waals surface area (Å²) >= 11 is 0. The zero-order valence-electron chi connectivity index (χ0n) is 26.9. The van der Waals surface area contributed by atoms with E-state index in [1.807, 2.05) is 29.2 Å². The summed E-state index contributed by atoms with van der Waals surface area (Å²) in [4.78, 5) is 60.6. The SMILES string of the molecule is O=C(NCc1ccc(NC(=O)C2CC2c2cccnc2)cc1F)c1ccc(N2CCN(C(=O)CCSSc3ccc([N+](=O)[O-])cn3)CC2)cc1. The van der Waals surface area contributed by atoms with Gasteiger partial charge in [0.2, 0.25) is 11.8 Å². The lowest BCUT2D eigenvalue weighted by Crippen LogP contribution is -2.48. The molecule has 15 heteroatoms. The molecule has 2 aromatic heterocycles. The molecule has 2 aromatic carbocycles. The monoisotopic (exact) mass is 715 g/mol. The number of rotatable bonds is 13. The predicted molar refractivity (Wildman–Crippen MR) is 190 cm³/mol. The topological polar surface area (TPSA) is 151 Å². The molecule has 50 heavy (non-hydrogen) atoms. The van der Waals surface area contributed by atoms with Crippen LogP contribution in [0.25, 0.3) is 0 Å². The third kappa shape index (κ3) is 8.95. The predicted octanol–water partition coefficient (Wildman–Crippen LogP) is 5.68. The van der Waals surface area contributed by atoms with Crippen molar-refractivity contribution in [3.8, 4) is 0 Å². The molecule has 2 unspecified atom stereocenters. The fourth-order valence-corrected chi connectivity index (χ4v) is 7.53. The van der Waals surface area contributed by atoms with Crippen LogP contribution in [0.3, 0.4) is 0 Å². The molecule has 2 fully saturated rings. The van der Waals surface area contributed by atoms with E-state index in [1.54, 1.807) is 42.7 Å². The zero-order chi connectivity index (χ0) is 35.0. The van der Waals surface area contributed by atoms with Crippen LogP contribution in [-0.4, -0.2) is 69.4 Å². The van der Waals surface area contributed by atoms with Crippen LogP contribution in [0.4, 0.5) is 21.5 Å². The molecule has 258 valence electrons. The highest BCUT2D eigenvalue weighted by atomic mass is 33.1. The van der Waals surface area contributed by atoms with Gasteiger partial charge in [0, 0.05) is 91.8 Å². The largest absolute Gasteiger partial charge is 0.368 e. The van der Waals surface area contributed by atoms with E-state index in [4.69, 9.17) is 0 Å². The lowest BCUT2D eigenvalue weighted by atomic mass is 10.1. The van der Waals surface area contributed by atoms with Gasteiger partial charge in [-0.2, -0.15) is 0 Å². The van der Waals surface area contributed by atoms with Crippen molar-refractivity contribution in [1.29, 1.82) is 0 Å². The standard InChI is InChI=1S/C35H34FN7O5S2/c36-31-18-26(40-35(46)30-19-29(30)24-2-1-12-37-20-24)6-3-25(31)21-39-34(45)23-4-7-27(8-5-23)41-13-15-42(16-14-41)33(44)11-17-49-50-32-10-9-28(22-38-32)43(47)48/h1-10,12,18,20,22,29-30H,11,13-17,19,21H2,(H,39,45)(H,40,46). The van der Waals surface area contributed by atoms with Crippen LogP contribution in [0, 0.1) is 21.8 Å². The summed E-state index contributed by atoms with van der Waals surface area (Å²) in [6.45, 7) is 2.49. The Kier molecular flexibility index (Phi) is 11.2. The molecule has 0 bridgehead atoms. The minimum absolute atomic E-state index is 0.00648. The van der Waals surface area contributed by atoms with Crippen molar-refractivity contribution < 1.29 is 23.7 Å². The zero-order valence-corrected chi connectivity index (χ0v) is 28.5. The fraction of sp³-hybridized carbons (Fsp3) is 0.286. The van der Waals surface area contributed by atoms with Crippen molar-refractivity contribution in [1.82, 2.24) is 20.2 Å². The van der Waals surface area contributed by atoms with Gasteiger partial charge in [0.15, 0.2) is 0 Å². The van der Waals surface area contributed by atoms with Crippen molar-refractivity contribution in [2.45, 2.75) is 30.3 Å². The van der Waals surface area contributed by atoms with Gasteiger partial charge in [-0.25, -0.2) is 9.37 Å². The van der Waals surface area contributed by atoms with Crippen molar-refractivity contribution in [3.05, 3.63) is 118 Å². The second-order valence-electron chi connectivity index (χ2n) is 11.9. The Hall–Kier alpha value is -5.02. The maximum absolute atomic E-state index is 14.9. The van der Waals surface area contributed by atoms with E-state index >= 15 is 0 Å². The first-order chi connectivity index (χ1) is 24.2. The number of nitrogens with zero attached hydrogens (tertiary/aromatic N) is 5. The molecule has 2 aliphatic rings. The quantitative estimate of drug-likeness (QED) is 0.0767. The molecular formula is C35H34FN7O5S2. The second kappa shape index (κ2) is 16.1. The first-order valence-electron chi connectivity index (χ1n) is 16.1. The van der Waals surface area contributed by atoms with E-state index in [-0.39, 0.29) is 41.8 Å². The maximum Gasteiger partial charge on any atom is 0.287 e. The summed E-state index contributed by atoms with van der Waals surface area (Å²) in [6.07, 6.45) is 5.79. The molecule has 6 rings (SSSR count). The number of nitrogens with one attached hydrogen (secondary N) is 2. The Labute approximate surface area is 295 Å². The molecule has 0 radical (unpaired) electrons. The Bertz CT molecular complexity index is 1840. The van der Waals surface area contributed by atoms with Gasteiger partial charge in [0.1, 0.15) is 17.0 Å². The molecule has 1 saturated carbocycles. The molecule has 1 saturated heterocycles. The van der Waals surface area contributed by atoms with Crippen molar-refractivity contribution >= 4 is 56.4 Å². The number of anilines is 2. The number of piperazine rings is 1. The van der Waals surface area contributed by atoms with Crippen LogP contribution in [0.5, 0.6) is 0 Å². The van der Waals surface area contributed by atoms with Crippen LogP contribution in [-0.2, 0) is 16.1 Å². The maximum atomic E-state index is 14.9. The molecule has 1 aliphatic heterocycles. The average molecular weight is 716 g/mol. The molecule has 12 nitrogen and oxygen atoms in total. The minimum atomic E-state index is -0.520. The second-order valence-corrected chi connectivity index (χ2v) is 14.3. The number of aromatic nitrogens is 2. The summed E-state index contributed by atoms with van der Waals surface area (Å²) in [5, 5.41) is 17.0. The third-order valence-electron chi connectivity index (χ3n) is 8.60. The highest BCUT2D eigenvalue weighted by molar-refractivity contribution is 8.76. The minimum Gasteiger partial charge on any atom is -0.368 e. The van der Waals surface area contributed by atoms with Crippen LogP contribution < -0.4 is 15.5 Å². The smallest absolute Gasteiger partial charge is 0.287 e. The lowest BCUT2D eigenvalue weighted by Gasteiger charge is -2.36. The molecule has 3 amide bonds. The van der Waals surface area contributed by atoms with Gasteiger partial charge in [0.25, 0.3) is 11.6 Å². The number of nitro groups is 1. The number of hydrogen-bond acceptors (Lipinski definition) is 10. The van der Waals surface area contributed by atoms with Crippen LogP contribution >= 0.6 is 21.6 Å². The third-order valence-corrected chi connectivity index (χ3v) is 10.9. The van der Waals surface area contributed by atoms with Gasteiger partial charge >= 0.3 is 0 Å². The van der Waals surface area contributed by atoms with Crippen molar-refractivity contribution in [2.75, 3.05) is 42.1 Å². The fourth-order valence-electron chi connectivity index (χ4n) is 5.69. The number of hydrogen-bond donors (Lipinski definition) is 2. The Morgan fingerprint density at radius 1 is 1.00 bits per heavy atom. The first-order valence-corrected chi connectivity index (χ1v) is 18.4. The highest BCUT2D eigenvalue weighted by Gasteiger charge is 2.44. The van der Waals surface area contributed by atoms with Crippen molar-refractivity contribution in [2.24, 2.45) is 5.92 Å². The number of carbonyl (C=O) groups excluding carboxylic acids is 3. The van der Waals surface area contributed by atoms with E-state index in [0.717, 1.165) is 17.7 Å². The van der Waals surface area contributed by atoms with Gasteiger partial charge in [-0.05, 0) is 77.2 Å². The summed E-state index contributed by atoms with van der Waals surface area (Å²) in [5.41, 5.74) is 3.02. The van der Waals surface area contributed by atoms with E-state index < -0.39 is 10.7 Å². The normalized spacial score (nSPS) is 16.8. The lowest BCUT2D eigenvalue weighted by molar-refractivity contribution is -0.385. The van der Waals surface area contributed by atoms with Crippen LogP contribution in [0.1, 0.15) is 40.2 Å². The molecule has 4 aromatic rings. The molecule has 2 N–H and O–H groups in total. The van der Waals surface area contributed by atoms with Gasteiger partial charge < -0.3 is 20.4 Å². The summed E-state index contributed by atoms with van der Waals surface area (Å²) in [6, 6.07) is 18.4. The average Bonchev–Trinajstić information content (AvgIpc) is 3.95. The number of carbonyl (C=O) groups is 3. The van der Waals surface area contributed by atoms with Gasteiger partial charge in [-0.1, -0.05) is 22.9 Å². The first kappa shape index (κ1) is 34.8. The van der Waals surface area contributed by atoms with Gasteiger partial charge in [-0.15, -0.1) is 0 Å². The van der Waals surface area contributed by atoms with Gasteiger partial charge in [-0.3, -0.25) is 29.5 Å². The van der Waals surface area contributed by atoms with Crippen molar-refractivity contribution in [3.63, 3.8) is 0 Å². The Morgan fingerprint density at radius 3 is 2.48 bits per heavy atom. The van der Waals surface area contributed by atoms with E-state index in [0.29, 0.717) is 60.2 Å².